The number of fused-ring (bicyclic) bond motifs is 5. The van der Waals surface area contributed by atoms with E-state index in [-0.39, 0.29) is 40.6 Å². The number of thiophene rings is 1. The Balaban J connectivity index is 1.13. The van der Waals surface area contributed by atoms with Gasteiger partial charge in [-0.2, -0.15) is 13.2 Å². The van der Waals surface area contributed by atoms with E-state index in [2.05, 4.69) is 27.2 Å². The molecule has 2 saturated heterocycles. The third-order valence-electron chi connectivity index (χ3n) is 12.0. The van der Waals surface area contributed by atoms with Gasteiger partial charge in [0.15, 0.2) is 0 Å². The first-order valence-electron chi connectivity index (χ1n) is 22.2. The van der Waals surface area contributed by atoms with E-state index in [0.29, 0.717) is 64.9 Å². The fourth-order valence-corrected chi connectivity index (χ4v) is 10.1. The van der Waals surface area contributed by atoms with Crippen LogP contribution in [0.15, 0.2) is 72.5 Å². The van der Waals surface area contributed by atoms with Gasteiger partial charge in [0.1, 0.15) is 34.9 Å². The minimum absolute atomic E-state index is 0.0232. The van der Waals surface area contributed by atoms with E-state index in [0.717, 1.165) is 35.1 Å². The van der Waals surface area contributed by atoms with Gasteiger partial charge in [-0.05, 0) is 107 Å². The number of methoxy groups -OCH3 is 1. The summed E-state index contributed by atoms with van der Waals surface area (Å²) in [7, 11) is 1.23. The fraction of sp³-hybridized carbons (Fsp3) is 0.438. The summed E-state index contributed by atoms with van der Waals surface area (Å²) in [4.78, 5) is 55.8. The molecule has 14 nitrogen and oxygen atoms in total. The number of hydrogen-bond acceptors (Lipinski definition) is 9. The second-order valence-electron chi connectivity index (χ2n) is 18.3. The highest BCUT2D eigenvalue weighted by Crippen LogP contribution is 2.48. The van der Waals surface area contributed by atoms with Crippen molar-refractivity contribution in [3.63, 3.8) is 0 Å². The van der Waals surface area contributed by atoms with E-state index < -0.39 is 54.5 Å². The third kappa shape index (κ3) is 10.0. The third-order valence-corrected chi connectivity index (χ3v) is 13.1. The average Bonchev–Trinajstić information content (AvgIpc) is 4.12. The molecule has 2 aromatic carbocycles. The molecule has 6 heterocycles. The number of nitrogens with one attached hydrogen (secondary N) is 3. The van der Waals surface area contributed by atoms with Crippen molar-refractivity contribution in [2.24, 2.45) is 10.9 Å². The van der Waals surface area contributed by atoms with Crippen LogP contribution in [0.25, 0.3) is 33.4 Å². The summed E-state index contributed by atoms with van der Waals surface area (Å²) < 4.78 is 76.3. The van der Waals surface area contributed by atoms with Gasteiger partial charge in [-0.3, -0.25) is 19.3 Å². The average molecular weight is 947 g/mol. The minimum atomic E-state index is -4.42. The van der Waals surface area contributed by atoms with E-state index in [4.69, 9.17) is 19.2 Å². The molecule has 3 N–H and O–H groups in total. The molecule has 0 bridgehead atoms. The molecule has 5 aromatic rings. The van der Waals surface area contributed by atoms with Crippen LogP contribution in [0.4, 0.5) is 27.2 Å². The number of amides is 3. The highest BCUT2D eigenvalue weighted by molar-refractivity contribution is 7.12. The summed E-state index contributed by atoms with van der Waals surface area (Å²) in [6.45, 7) is 13.9. The molecule has 19 heteroatoms. The molecule has 3 aliphatic heterocycles. The second-order valence-corrected chi connectivity index (χ2v) is 19.5. The first-order chi connectivity index (χ1) is 31.8. The lowest BCUT2D eigenvalue weighted by Gasteiger charge is -2.31. The molecule has 3 amide bonds. The van der Waals surface area contributed by atoms with Gasteiger partial charge in [-0.25, -0.2) is 19.0 Å². The van der Waals surface area contributed by atoms with Crippen LogP contribution in [0.1, 0.15) is 93.7 Å². The van der Waals surface area contributed by atoms with Crippen molar-refractivity contribution in [3.05, 3.63) is 94.5 Å². The molecule has 4 unspecified atom stereocenters. The van der Waals surface area contributed by atoms with Crippen LogP contribution in [0, 0.1) is 11.7 Å². The van der Waals surface area contributed by atoms with Crippen LogP contribution in [0.3, 0.4) is 0 Å². The van der Waals surface area contributed by atoms with Gasteiger partial charge in [0, 0.05) is 28.9 Å². The number of alkyl halides is 3. The van der Waals surface area contributed by atoms with E-state index in [1.807, 2.05) is 58.9 Å². The number of alkyl carbamates (subject to hydrolysis) is 1. The zero-order valence-corrected chi connectivity index (χ0v) is 38.9. The summed E-state index contributed by atoms with van der Waals surface area (Å²) in [6, 6.07) is 12.0. The van der Waals surface area contributed by atoms with Crippen molar-refractivity contribution in [1.82, 2.24) is 35.0 Å². The smallest absolute Gasteiger partial charge is 0.410 e. The van der Waals surface area contributed by atoms with Gasteiger partial charge in [0.25, 0.3) is 0 Å². The molecule has 3 aliphatic rings. The minimum Gasteiger partial charge on any atom is -0.464 e. The monoisotopic (exact) mass is 946 g/mol. The van der Waals surface area contributed by atoms with Crippen LogP contribution >= 0.6 is 11.3 Å². The molecular formula is C48H54F4N8O6S. The number of rotatable bonds is 11. The van der Waals surface area contributed by atoms with Gasteiger partial charge in [-0.1, -0.05) is 26.5 Å². The highest BCUT2D eigenvalue weighted by Gasteiger charge is 2.39. The van der Waals surface area contributed by atoms with Crippen molar-refractivity contribution in [3.8, 4) is 28.3 Å². The van der Waals surface area contributed by atoms with Crippen LogP contribution < -0.4 is 15.4 Å². The number of hydrogen-bond donors (Lipinski definition) is 3. The number of aromatic amines is 1. The van der Waals surface area contributed by atoms with Crippen LogP contribution in [-0.2, 0) is 27.2 Å². The summed E-state index contributed by atoms with van der Waals surface area (Å²) in [5, 5.41) is 6.43. The molecule has 2 fully saturated rings. The maximum Gasteiger partial charge on any atom is 0.410 e. The summed E-state index contributed by atoms with van der Waals surface area (Å²) in [6.07, 6.45) is -1.65. The Morgan fingerprint density at radius 3 is 2.54 bits per heavy atom. The molecule has 4 atom stereocenters. The van der Waals surface area contributed by atoms with Crippen molar-refractivity contribution in [2.45, 2.75) is 109 Å². The standard InChI is InChI=1S/C48H54F4N8O6S/c1-8-53-41(34-11-9-17-58(34)43(61)40(26(2)3)57-45(62)64-7)54-24-27-19-31(49)39-36-22-29-21-28(32-25-55-42(56-32)35-12-10-18-59(35)46(63)66-47(4,5)6)13-15-33(29)60(36)44(65-37(39)20-27)38-16-14-30(67-38)23-48(50,51)52/h8,13-16,19-22,25-26,34-35,40,44H,1,9-12,17-18,23-24H2,2-7H3,(H,53,54)(H,55,56)(H,57,62). The van der Waals surface area contributed by atoms with Gasteiger partial charge < -0.3 is 34.7 Å². The molecule has 0 aliphatic carbocycles. The maximum atomic E-state index is 16.7. The molecule has 0 spiro atoms. The predicted octanol–water partition coefficient (Wildman–Crippen LogP) is 10.0. The Morgan fingerprint density at radius 2 is 1.82 bits per heavy atom. The lowest BCUT2D eigenvalue weighted by Crippen LogP contribution is -2.54. The van der Waals surface area contributed by atoms with Crippen LogP contribution in [0.5, 0.6) is 5.75 Å². The molecule has 0 saturated carbocycles. The van der Waals surface area contributed by atoms with E-state index in [9.17, 15) is 27.6 Å². The first-order valence-corrected chi connectivity index (χ1v) is 23.1. The van der Waals surface area contributed by atoms with Gasteiger partial charge >= 0.3 is 18.4 Å². The van der Waals surface area contributed by atoms with Gasteiger partial charge in [0.2, 0.25) is 12.1 Å². The largest absolute Gasteiger partial charge is 0.464 e. The van der Waals surface area contributed by atoms with E-state index >= 15 is 4.39 Å². The van der Waals surface area contributed by atoms with Crippen molar-refractivity contribution < 1.29 is 46.2 Å². The van der Waals surface area contributed by atoms with Crippen molar-refractivity contribution >= 4 is 46.2 Å². The Morgan fingerprint density at radius 1 is 1.06 bits per heavy atom. The predicted molar refractivity (Wildman–Crippen MR) is 246 cm³/mol. The fourth-order valence-electron chi connectivity index (χ4n) is 9.06. The number of H-pyrrole nitrogens is 1. The number of imidazole rings is 1. The summed E-state index contributed by atoms with van der Waals surface area (Å²) >= 11 is 0.977. The molecule has 0 radical (unpaired) electrons. The lowest BCUT2D eigenvalue weighted by atomic mass is 10.0. The number of halogens is 4. The van der Waals surface area contributed by atoms with Crippen LogP contribution in [-0.4, -0.2) is 92.3 Å². The highest BCUT2D eigenvalue weighted by atomic mass is 32.1. The Kier molecular flexibility index (Phi) is 13.2. The van der Waals surface area contributed by atoms with E-state index in [1.54, 1.807) is 32.7 Å². The SMILES string of the molecule is C=CNC(=NCc1cc(F)c2c(c1)OC(c1ccc(CC(F)(F)F)s1)n1c-2cc2cc(-c3cnc(C4CCCN4C(=O)OC(C)(C)C)[nH]3)ccc21)C1CCCN1C(=O)C(NC(=O)OC)C(C)C. The van der Waals surface area contributed by atoms with Crippen molar-refractivity contribution in [2.75, 3.05) is 20.2 Å². The molecule has 67 heavy (non-hydrogen) atoms. The number of aliphatic imine (C=N–C) groups is 1. The number of likely N-dealkylation sites (tertiary alicyclic amines) is 2. The number of amidine groups is 1. The number of carbonyl (C=O) groups excluding carboxylic acids is 3. The molecule has 356 valence electrons. The number of aromatic nitrogens is 3. The first kappa shape index (κ1) is 47.1. The maximum absolute atomic E-state index is 16.7. The van der Waals surface area contributed by atoms with Gasteiger partial charge in [-0.15, -0.1) is 11.3 Å². The zero-order chi connectivity index (χ0) is 47.9. The summed E-state index contributed by atoms with van der Waals surface area (Å²) in [5.74, 6) is 0.118. The molecule has 8 rings (SSSR count). The zero-order valence-electron chi connectivity index (χ0n) is 38.1. The molecule has 3 aromatic heterocycles. The number of ether oxygens (including phenoxy) is 3. The Bertz CT molecular complexity index is 2720. The number of benzene rings is 2. The number of nitrogens with zero attached hydrogens (tertiary/aromatic N) is 5. The number of carbonyl (C=O) groups is 3. The van der Waals surface area contributed by atoms with E-state index in [1.165, 1.54) is 25.4 Å². The second kappa shape index (κ2) is 18.7. The van der Waals surface area contributed by atoms with Gasteiger partial charge in [0.05, 0.1) is 65.7 Å². The quantitative estimate of drug-likeness (QED) is 0.0672. The summed E-state index contributed by atoms with van der Waals surface area (Å²) in [5.41, 5.74) is 2.58. The molecular weight excluding hydrogens is 893 g/mol. The van der Waals surface area contributed by atoms with Crippen molar-refractivity contribution in [1.29, 1.82) is 0 Å². The normalized spacial score (nSPS) is 19.0. The Hall–Kier alpha value is -6.37. The lowest BCUT2D eigenvalue weighted by molar-refractivity contribution is -0.134. The van der Waals surface area contributed by atoms with Crippen LogP contribution in [0.2, 0.25) is 0 Å². The topological polar surface area (TPSA) is 155 Å². The Labute approximate surface area is 389 Å².